The lowest BCUT2D eigenvalue weighted by atomic mass is 10.0. The van der Waals surface area contributed by atoms with Crippen LogP contribution in [0, 0.1) is 6.92 Å². The molecule has 0 spiro atoms. The maximum atomic E-state index is 12.5. The third kappa shape index (κ3) is 3.51. The molecule has 2 aliphatic rings. The number of rotatable bonds is 6. The summed E-state index contributed by atoms with van der Waals surface area (Å²) in [5, 5.41) is 8.33. The Balaban J connectivity index is 1.61. The van der Waals surface area contributed by atoms with E-state index in [1.54, 1.807) is 6.20 Å². The Hall–Kier alpha value is -2.67. The topological polar surface area (TPSA) is 69.0 Å². The number of halogens is 1. The maximum absolute atomic E-state index is 12.5. The summed E-state index contributed by atoms with van der Waals surface area (Å²) in [5.41, 5.74) is 4.47. The summed E-state index contributed by atoms with van der Waals surface area (Å²) in [6, 6.07) is 9.94. The second kappa shape index (κ2) is 7.54. The first kappa shape index (κ1) is 19.3. The van der Waals surface area contributed by atoms with Crippen LogP contribution >= 0.6 is 15.9 Å². The predicted molar refractivity (Wildman–Crippen MR) is 119 cm³/mol. The lowest BCUT2D eigenvalue weighted by Gasteiger charge is -2.15. The van der Waals surface area contributed by atoms with Crippen LogP contribution in [0.2, 0.25) is 0 Å². The molecule has 7 heteroatoms. The van der Waals surface area contributed by atoms with Gasteiger partial charge in [-0.2, -0.15) is 9.78 Å². The number of hydrogen-bond donors (Lipinski definition) is 1. The van der Waals surface area contributed by atoms with E-state index in [9.17, 15) is 4.79 Å². The van der Waals surface area contributed by atoms with E-state index in [-0.39, 0.29) is 5.97 Å². The summed E-state index contributed by atoms with van der Waals surface area (Å²) < 4.78 is 7.81. The summed E-state index contributed by atoms with van der Waals surface area (Å²) in [6.45, 7) is 2.02. The van der Waals surface area contributed by atoms with Gasteiger partial charge in [0, 0.05) is 12.1 Å². The molecule has 2 fully saturated rings. The lowest BCUT2D eigenvalue weighted by Crippen LogP contribution is -2.10. The number of aryl methyl sites for hydroxylation is 1. The van der Waals surface area contributed by atoms with Gasteiger partial charge in [-0.25, -0.2) is 9.78 Å². The van der Waals surface area contributed by atoms with Crippen molar-refractivity contribution in [1.29, 1.82) is 0 Å². The Labute approximate surface area is 183 Å². The van der Waals surface area contributed by atoms with Crippen LogP contribution in [0.5, 0.6) is 0 Å². The van der Waals surface area contributed by atoms with Gasteiger partial charge in [-0.1, -0.05) is 12.1 Å². The highest BCUT2D eigenvalue weighted by atomic mass is 79.9. The molecule has 1 aromatic carbocycles. The number of anilines is 2. The molecule has 0 radical (unpaired) electrons. The minimum Gasteiger partial charge on any atom is -0.465 e. The fraction of sp³-hybridized carbons (Fsp3) is 0.348. The van der Waals surface area contributed by atoms with Crippen molar-refractivity contribution in [1.82, 2.24) is 14.8 Å². The zero-order valence-corrected chi connectivity index (χ0v) is 18.6. The maximum Gasteiger partial charge on any atom is 0.339 e. The van der Waals surface area contributed by atoms with Gasteiger partial charge in [-0.15, -0.1) is 0 Å². The van der Waals surface area contributed by atoms with E-state index in [0.717, 1.165) is 40.2 Å². The molecule has 1 N–H and O–H groups in total. The lowest BCUT2D eigenvalue weighted by molar-refractivity contribution is 0.0602. The summed E-state index contributed by atoms with van der Waals surface area (Å²) in [4.78, 5) is 17.1. The van der Waals surface area contributed by atoms with Gasteiger partial charge < -0.3 is 10.1 Å². The molecule has 2 heterocycles. The fourth-order valence-corrected chi connectivity index (χ4v) is 4.41. The molecule has 0 unspecified atom stereocenters. The highest BCUT2D eigenvalue weighted by Crippen LogP contribution is 2.46. The van der Waals surface area contributed by atoms with E-state index in [4.69, 9.17) is 9.84 Å². The number of ether oxygens (including phenoxy) is 1. The van der Waals surface area contributed by atoms with Crippen molar-refractivity contribution >= 4 is 33.4 Å². The average molecular weight is 467 g/mol. The van der Waals surface area contributed by atoms with Crippen molar-refractivity contribution < 1.29 is 9.53 Å². The summed E-state index contributed by atoms with van der Waals surface area (Å²) in [7, 11) is 1.42. The summed E-state index contributed by atoms with van der Waals surface area (Å²) >= 11 is 3.76. The molecule has 0 aliphatic heterocycles. The number of esters is 1. The smallest absolute Gasteiger partial charge is 0.339 e. The molecule has 5 rings (SSSR count). The molecule has 30 heavy (non-hydrogen) atoms. The summed E-state index contributed by atoms with van der Waals surface area (Å²) in [5.74, 6) is 2.20. The van der Waals surface area contributed by atoms with E-state index in [0.29, 0.717) is 23.1 Å². The molecule has 154 valence electrons. The monoisotopic (exact) mass is 466 g/mol. The standard InChI is InChI=1S/C23H23BrN4O2/c1-13-4-3-11-25-21(13)28-22(19(24)20(27-28)15-7-8-15)26-18-10-9-16(14-5-6-14)12-17(18)23(29)30-2/h3-4,9-12,14-15,26H,5-8H2,1-2H3. The van der Waals surface area contributed by atoms with Crippen LogP contribution in [0.3, 0.4) is 0 Å². The van der Waals surface area contributed by atoms with Crippen LogP contribution in [0.1, 0.15) is 64.7 Å². The number of nitrogens with zero attached hydrogens (tertiary/aromatic N) is 3. The molecule has 6 nitrogen and oxygen atoms in total. The zero-order chi connectivity index (χ0) is 20.8. The van der Waals surface area contributed by atoms with Gasteiger partial charge in [0.2, 0.25) is 0 Å². The molecule has 0 saturated heterocycles. The minimum atomic E-state index is -0.348. The predicted octanol–water partition coefficient (Wildman–Crippen LogP) is 5.62. The van der Waals surface area contributed by atoms with Crippen molar-refractivity contribution in [3.05, 3.63) is 63.4 Å². The highest BCUT2D eigenvalue weighted by molar-refractivity contribution is 9.10. The number of pyridine rings is 1. The average Bonchev–Trinajstić information content (AvgIpc) is 3.67. The molecule has 0 amide bonds. The van der Waals surface area contributed by atoms with Crippen LogP contribution in [0.25, 0.3) is 5.82 Å². The summed E-state index contributed by atoms with van der Waals surface area (Å²) in [6.07, 6.45) is 6.40. The molecular weight excluding hydrogens is 444 g/mol. The number of carbonyl (C=O) groups excluding carboxylic acids is 1. The minimum absolute atomic E-state index is 0.348. The molecule has 0 bridgehead atoms. The Morgan fingerprint density at radius 2 is 1.97 bits per heavy atom. The van der Waals surface area contributed by atoms with Crippen LogP contribution in [0.4, 0.5) is 11.5 Å². The normalized spacial score (nSPS) is 15.8. The van der Waals surface area contributed by atoms with E-state index in [1.807, 2.05) is 35.9 Å². The van der Waals surface area contributed by atoms with Crippen molar-refractivity contribution in [3.63, 3.8) is 0 Å². The Morgan fingerprint density at radius 3 is 2.63 bits per heavy atom. The van der Waals surface area contributed by atoms with E-state index in [1.165, 1.54) is 25.5 Å². The third-order valence-corrected chi connectivity index (χ3v) is 6.53. The molecule has 0 atom stereocenters. The molecule has 2 aliphatic carbocycles. The first-order valence-corrected chi connectivity index (χ1v) is 11.1. The number of aromatic nitrogens is 3. The van der Waals surface area contributed by atoms with Gasteiger partial charge >= 0.3 is 5.97 Å². The number of hydrogen-bond acceptors (Lipinski definition) is 5. The van der Waals surface area contributed by atoms with Gasteiger partial charge in [0.15, 0.2) is 11.6 Å². The quantitative estimate of drug-likeness (QED) is 0.477. The van der Waals surface area contributed by atoms with Gasteiger partial charge in [-0.3, -0.25) is 0 Å². The zero-order valence-electron chi connectivity index (χ0n) is 17.0. The van der Waals surface area contributed by atoms with E-state index < -0.39 is 0 Å². The highest BCUT2D eigenvalue weighted by Gasteiger charge is 2.32. The fourth-order valence-electron chi connectivity index (χ4n) is 3.74. The Bertz CT molecular complexity index is 1130. The number of benzene rings is 1. The van der Waals surface area contributed by atoms with Crippen molar-refractivity contribution in [3.8, 4) is 5.82 Å². The molecular formula is C23H23BrN4O2. The van der Waals surface area contributed by atoms with Crippen molar-refractivity contribution in [2.24, 2.45) is 0 Å². The third-order valence-electron chi connectivity index (χ3n) is 5.75. The van der Waals surface area contributed by atoms with Crippen LogP contribution in [-0.4, -0.2) is 27.8 Å². The van der Waals surface area contributed by atoms with E-state index >= 15 is 0 Å². The second-order valence-corrected chi connectivity index (χ2v) is 8.87. The molecule has 2 saturated carbocycles. The van der Waals surface area contributed by atoms with Crippen LogP contribution < -0.4 is 5.32 Å². The first-order valence-electron chi connectivity index (χ1n) is 10.3. The first-order chi connectivity index (χ1) is 14.6. The Morgan fingerprint density at radius 1 is 1.20 bits per heavy atom. The van der Waals surface area contributed by atoms with Crippen molar-refractivity contribution in [2.45, 2.75) is 44.4 Å². The largest absolute Gasteiger partial charge is 0.465 e. The van der Waals surface area contributed by atoms with Gasteiger partial charge in [0.05, 0.1) is 28.5 Å². The van der Waals surface area contributed by atoms with Gasteiger partial charge in [-0.05, 0) is 83.8 Å². The number of methoxy groups -OCH3 is 1. The van der Waals surface area contributed by atoms with Gasteiger partial charge in [0.1, 0.15) is 0 Å². The number of nitrogens with one attached hydrogen (secondary N) is 1. The number of carbonyl (C=O) groups is 1. The molecule has 3 aromatic rings. The van der Waals surface area contributed by atoms with Crippen LogP contribution in [-0.2, 0) is 4.74 Å². The van der Waals surface area contributed by atoms with Crippen molar-refractivity contribution in [2.75, 3.05) is 12.4 Å². The molecule has 2 aromatic heterocycles. The van der Waals surface area contributed by atoms with Crippen LogP contribution in [0.15, 0.2) is 41.0 Å². The second-order valence-electron chi connectivity index (χ2n) is 8.07. The SMILES string of the molecule is COC(=O)c1cc(C2CC2)ccc1Nc1c(Br)c(C2CC2)nn1-c1ncccc1C. The van der Waals surface area contributed by atoms with Gasteiger partial charge in [0.25, 0.3) is 0 Å². The Kier molecular flexibility index (Phi) is 4.85. The van der Waals surface area contributed by atoms with E-state index in [2.05, 4.69) is 32.3 Å².